The first-order chi connectivity index (χ1) is 14.6. The normalized spacial score (nSPS) is 11.0. The number of methoxy groups -OCH3 is 1. The van der Waals surface area contributed by atoms with E-state index in [2.05, 4.69) is 9.97 Å². The molecule has 0 aliphatic carbocycles. The molecule has 0 saturated carbocycles. The molecule has 0 fully saturated rings. The number of nitro groups is 1. The molecule has 0 saturated heterocycles. The van der Waals surface area contributed by atoms with Gasteiger partial charge in [0, 0.05) is 12.1 Å². The van der Waals surface area contributed by atoms with E-state index in [0.717, 1.165) is 0 Å². The van der Waals surface area contributed by atoms with Gasteiger partial charge in [-0.2, -0.15) is 0 Å². The molecule has 30 heavy (non-hydrogen) atoms. The number of fused-ring (bicyclic) bond motifs is 1. The third-order valence-electron chi connectivity index (χ3n) is 4.35. The lowest BCUT2D eigenvalue weighted by atomic mass is 10.2. The summed E-state index contributed by atoms with van der Waals surface area (Å²) in [5, 5.41) is 11.0. The van der Waals surface area contributed by atoms with Gasteiger partial charge in [0.15, 0.2) is 11.5 Å². The molecule has 4 rings (SSSR count). The quantitative estimate of drug-likeness (QED) is 0.314. The van der Waals surface area contributed by atoms with Crippen molar-refractivity contribution >= 4 is 28.9 Å². The van der Waals surface area contributed by atoms with Gasteiger partial charge in [0.2, 0.25) is 5.88 Å². The summed E-state index contributed by atoms with van der Waals surface area (Å²) < 4.78 is 11.4. The number of ether oxygens (including phenoxy) is 2. The number of benzene rings is 3. The number of rotatable bonds is 6. The standard InChI is InChI=1S/C23H17N3O4/c1-29-21-11-4-5-12-22(21)30-23-20(24-18-9-2-3-10-19(18)25-23)14-13-16-7-6-8-17(15-16)26(27)28/h2-15H,1H3/b14-13+. The Morgan fingerprint density at radius 3 is 2.30 bits per heavy atom. The highest BCUT2D eigenvalue weighted by Crippen LogP contribution is 2.32. The summed E-state index contributed by atoms with van der Waals surface area (Å²) in [6, 6.07) is 21.1. The fraction of sp³-hybridized carbons (Fsp3) is 0.0435. The zero-order valence-electron chi connectivity index (χ0n) is 16.1. The SMILES string of the molecule is COc1ccccc1Oc1nc2ccccc2nc1/C=C/c1cccc([N+](=O)[O-])c1. The Morgan fingerprint density at radius 1 is 0.867 bits per heavy atom. The Labute approximate surface area is 172 Å². The van der Waals surface area contributed by atoms with Crippen LogP contribution in [0.2, 0.25) is 0 Å². The van der Waals surface area contributed by atoms with Crippen LogP contribution in [-0.2, 0) is 0 Å². The summed E-state index contributed by atoms with van der Waals surface area (Å²) in [7, 11) is 1.57. The molecule has 0 aliphatic rings. The number of nitrogens with zero attached hydrogens (tertiary/aromatic N) is 3. The lowest BCUT2D eigenvalue weighted by molar-refractivity contribution is -0.384. The van der Waals surface area contributed by atoms with Crippen LogP contribution in [0.15, 0.2) is 72.8 Å². The van der Waals surface area contributed by atoms with Gasteiger partial charge in [0.25, 0.3) is 5.69 Å². The minimum Gasteiger partial charge on any atom is -0.493 e. The molecule has 0 N–H and O–H groups in total. The maximum absolute atomic E-state index is 11.0. The van der Waals surface area contributed by atoms with Crippen LogP contribution >= 0.6 is 0 Å². The molecular weight excluding hydrogens is 382 g/mol. The first-order valence-corrected chi connectivity index (χ1v) is 9.14. The minimum absolute atomic E-state index is 0.0206. The summed E-state index contributed by atoms with van der Waals surface area (Å²) in [5.41, 5.74) is 2.58. The number of non-ortho nitro benzene ring substituents is 1. The Kier molecular flexibility index (Phi) is 5.34. The molecule has 0 radical (unpaired) electrons. The predicted molar refractivity (Wildman–Crippen MR) is 115 cm³/mol. The third kappa shape index (κ3) is 4.10. The zero-order valence-corrected chi connectivity index (χ0v) is 16.1. The van der Waals surface area contributed by atoms with E-state index in [4.69, 9.17) is 9.47 Å². The number of para-hydroxylation sites is 4. The van der Waals surface area contributed by atoms with Crippen molar-refractivity contribution in [3.8, 4) is 17.4 Å². The maximum Gasteiger partial charge on any atom is 0.270 e. The minimum atomic E-state index is -0.427. The second kappa shape index (κ2) is 8.40. The third-order valence-corrected chi connectivity index (χ3v) is 4.35. The van der Waals surface area contributed by atoms with Gasteiger partial charge in [0.1, 0.15) is 5.69 Å². The fourth-order valence-electron chi connectivity index (χ4n) is 2.91. The second-order valence-electron chi connectivity index (χ2n) is 6.34. The molecule has 1 aromatic heterocycles. The van der Waals surface area contributed by atoms with Gasteiger partial charge in [-0.3, -0.25) is 10.1 Å². The lowest BCUT2D eigenvalue weighted by Crippen LogP contribution is -1.97. The Balaban J connectivity index is 1.76. The van der Waals surface area contributed by atoms with Crippen LogP contribution in [0.3, 0.4) is 0 Å². The van der Waals surface area contributed by atoms with Gasteiger partial charge in [-0.15, -0.1) is 0 Å². The van der Waals surface area contributed by atoms with Gasteiger partial charge >= 0.3 is 0 Å². The van der Waals surface area contributed by atoms with E-state index < -0.39 is 4.92 Å². The van der Waals surface area contributed by atoms with Crippen LogP contribution in [0.1, 0.15) is 11.3 Å². The summed E-state index contributed by atoms with van der Waals surface area (Å²) in [6.07, 6.45) is 3.46. The highest BCUT2D eigenvalue weighted by molar-refractivity contribution is 5.79. The van der Waals surface area contributed by atoms with Gasteiger partial charge in [0.05, 0.1) is 23.1 Å². The highest BCUT2D eigenvalue weighted by atomic mass is 16.6. The molecule has 0 bridgehead atoms. The van der Waals surface area contributed by atoms with Gasteiger partial charge < -0.3 is 9.47 Å². The molecule has 0 amide bonds. The maximum atomic E-state index is 11.0. The van der Waals surface area contributed by atoms with Crippen LogP contribution in [0.5, 0.6) is 17.4 Å². The van der Waals surface area contributed by atoms with Crippen molar-refractivity contribution in [3.05, 3.63) is 94.2 Å². The molecule has 0 unspecified atom stereocenters. The summed E-state index contributed by atoms with van der Waals surface area (Å²) in [5.74, 6) is 1.38. The van der Waals surface area contributed by atoms with Crippen molar-refractivity contribution < 1.29 is 14.4 Å². The van der Waals surface area contributed by atoms with E-state index in [0.29, 0.717) is 39.7 Å². The molecular formula is C23H17N3O4. The van der Waals surface area contributed by atoms with Crippen molar-refractivity contribution in [2.24, 2.45) is 0 Å². The van der Waals surface area contributed by atoms with Crippen LogP contribution < -0.4 is 9.47 Å². The monoisotopic (exact) mass is 399 g/mol. The van der Waals surface area contributed by atoms with E-state index in [1.807, 2.05) is 36.4 Å². The van der Waals surface area contributed by atoms with E-state index in [9.17, 15) is 10.1 Å². The topological polar surface area (TPSA) is 87.4 Å². The Hall–Kier alpha value is -4.26. The zero-order chi connectivity index (χ0) is 20.9. The van der Waals surface area contributed by atoms with Crippen LogP contribution in [-0.4, -0.2) is 22.0 Å². The van der Waals surface area contributed by atoms with Crippen LogP contribution in [0, 0.1) is 10.1 Å². The average molecular weight is 399 g/mol. The van der Waals surface area contributed by atoms with Gasteiger partial charge in [-0.1, -0.05) is 42.5 Å². The molecule has 1 heterocycles. The van der Waals surface area contributed by atoms with E-state index in [1.54, 1.807) is 43.5 Å². The van der Waals surface area contributed by atoms with Crippen molar-refractivity contribution in [2.45, 2.75) is 0 Å². The number of hydrogen-bond donors (Lipinski definition) is 0. The smallest absolute Gasteiger partial charge is 0.270 e. The Morgan fingerprint density at radius 2 is 1.57 bits per heavy atom. The van der Waals surface area contributed by atoms with E-state index in [-0.39, 0.29) is 5.69 Å². The number of hydrogen-bond acceptors (Lipinski definition) is 6. The molecule has 7 heteroatoms. The first-order valence-electron chi connectivity index (χ1n) is 9.14. The predicted octanol–water partition coefficient (Wildman–Crippen LogP) is 5.51. The van der Waals surface area contributed by atoms with Crippen LogP contribution in [0.25, 0.3) is 23.2 Å². The summed E-state index contributed by atoms with van der Waals surface area (Å²) in [4.78, 5) is 19.8. The van der Waals surface area contributed by atoms with Crippen LogP contribution in [0.4, 0.5) is 5.69 Å². The van der Waals surface area contributed by atoms with E-state index >= 15 is 0 Å². The van der Waals surface area contributed by atoms with Crippen molar-refractivity contribution in [3.63, 3.8) is 0 Å². The van der Waals surface area contributed by atoms with Crippen molar-refractivity contribution in [1.82, 2.24) is 9.97 Å². The highest BCUT2D eigenvalue weighted by Gasteiger charge is 2.12. The van der Waals surface area contributed by atoms with Gasteiger partial charge in [-0.25, -0.2) is 9.97 Å². The van der Waals surface area contributed by atoms with E-state index in [1.165, 1.54) is 12.1 Å². The fourth-order valence-corrected chi connectivity index (χ4v) is 2.91. The molecule has 0 atom stereocenters. The first kappa shape index (κ1) is 19.1. The summed E-state index contributed by atoms with van der Waals surface area (Å²) in [6.45, 7) is 0. The summed E-state index contributed by atoms with van der Waals surface area (Å²) >= 11 is 0. The number of nitro benzene ring substituents is 1. The largest absolute Gasteiger partial charge is 0.493 e. The van der Waals surface area contributed by atoms with Crippen molar-refractivity contribution in [1.29, 1.82) is 0 Å². The lowest BCUT2D eigenvalue weighted by Gasteiger charge is -2.11. The molecule has 148 valence electrons. The second-order valence-corrected chi connectivity index (χ2v) is 6.34. The van der Waals surface area contributed by atoms with Gasteiger partial charge in [-0.05, 0) is 35.9 Å². The molecule has 0 spiro atoms. The average Bonchev–Trinajstić information content (AvgIpc) is 2.78. The van der Waals surface area contributed by atoms with Crippen molar-refractivity contribution in [2.75, 3.05) is 7.11 Å². The molecule has 0 aliphatic heterocycles. The Bertz CT molecular complexity index is 1250. The number of aromatic nitrogens is 2. The molecule has 4 aromatic rings. The molecule has 3 aromatic carbocycles. The molecule has 7 nitrogen and oxygen atoms in total.